The zero-order valence-corrected chi connectivity index (χ0v) is 16.8. The average Bonchev–Trinajstić information content (AvgIpc) is 2.57. The van der Waals surface area contributed by atoms with Crippen LogP contribution in [0.25, 0.3) is 0 Å². The van der Waals surface area contributed by atoms with Crippen LogP contribution in [0.4, 0.5) is 0 Å². The normalized spacial score (nSPS) is 9.21. The fraction of sp³-hybridized carbons (Fsp3) is 1.00. The molecule has 0 N–H and O–H groups in total. The number of hydrogen-bond donors (Lipinski definition) is 0. The van der Waals surface area contributed by atoms with E-state index in [1.165, 1.54) is 135 Å². The molecule has 0 fully saturated rings. The Hall–Kier alpha value is 0. The molecule has 0 saturated heterocycles. The Morgan fingerprint density at radius 1 is 0.214 bits per heavy atom. The molecule has 0 aliphatic carbocycles. The SMILES string of the molecule is C.C.C.C.C.CCCCCCCCCCCCCCCCCCCCCCC. The van der Waals surface area contributed by atoms with Gasteiger partial charge < -0.3 is 0 Å². The lowest BCUT2D eigenvalue weighted by Gasteiger charge is -2.04. The van der Waals surface area contributed by atoms with Crippen molar-refractivity contribution in [2.45, 2.75) is 186 Å². The first-order valence-electron chi connectivity index (χ1n) is 11.4. The maximum absolute atomic E-state index is 2.30. The van der Waals surface area contributed by atoms with Crippen molar-refractivity contribution in [1.29, 1.82) is 0 Å². The van der Waals surface area contributed by atoms with E-state index in [4.69, 9.17) is 0 Å². The summed E-state index contributed by atoms with van der Waals surface area (Å²) in [5, 5.41) is 0. The third kappa shape index (κ3) is 40.6. The molecular formula is C28H68. The van der Waals surface area contributed by atoms with Crippen LogP contribution in [0.15, 0.2) is 0 Å². The van der Waals surface area contributed by atoms with E-state index in [0.717, 1.165) is 0 Å². The summed E-state index contributed by atoms with van der Waals surface area (Å²) >= 11 is 0. The molecule has 0 nitrogen and oxygen atoms in total. The van der Waals surface area contributed by atoms with Gasteiger partial charge in [0.05, 0.1) is 0 Å². The molecule has 0 radical (unpaired) electrons. The highest BCUT2D eigenvalue weighted by Crippen LogP contribution is 2.14. The van der Waals surface area contributed by atoms with Crippen molar-refractivity contribution < 1.29 is 0 Å². The molecule has 0 aromatic carbocycles. The highest BCUT2D eigenvalue weighted by atomic mass is 14.0. The number of unbranched alkanes of at least 4 members (excludes halogenated alkanes) is 20. The van der Waals surface area contributed by atoms with Gasteiger partial charge in [0, 0.05) is 0 Å². The highest BCUT2D eigenvalue weighted by Gasteiger charge is 1.95. The van der Waals surface area contributed by atoms with Gasteiger partial charge in [0.2, 0.25) is 0 Å². The maximum Gasteiger partial charge on any atom is -0.0533 e. The van der Waals surface area contributed by atoms with Gasteiger partial charge in [-0.2, -0.15) is 0 Å². The van der Waals surface area contributed by atoms with Crippen LogP contribution in [0.2, 0.25) is 0 Å². The van der Waals surface area contributed by atoms with Gasteiger partial charge in [-0.15, -0.1) is 0 Å². The minimum atomic E-state index is 0. The summed E-state index contributed by atoms with van der Waals surface area (Å²) in [4.78, 5) is 0. The van der Waals surface area contributed by atoms with Gasteiger partial charge in [-0.05, 0) is 0 Å². The summed E-state index contributed by atoms with van der Waals surface area (Å²) in [6.07, 6.45) is 30.9. The Balaban J connectivity index is -0.000000242. The quantitative estimate of drug-likeness (QED) is 0.177. The standard InChI is InChI=1S/C23H48.5CH4/c1-3-5-7-9-11-13-15-17-19-21-23-22-20-18-16-14-12-10-8-6-4-2;;;;;/h3-23H2,1-2H3;5*1H4. The van der Waals surface area contributed by atoms with E-state index in [1.54, 1.807) is 0 Å². The molecule has 0 bridgehead atoms. The third-order valence-electron chi connectivity index (χ3n) is 5.21. The zero-order valence-electron chi connectivity index (χ0n) is 16.8. The van der Waals surface area contributed by atoms with E-state index < -0.39 is 0 Å². The van der Waals surface area contributed by atoms with Gasteiger partial charge in [0.15, 0.2) is 0 Å². The van der Waals surface area contributed by atoms with Crippen molar-refractivity contribution in [2.24, 2.45) is 0 Å². The maximum atomic E-state index is 2.30. The van der Waals surface area contributed by atoms with Crippen LogP contribution < -0.4 is 0 Å². The van der Waals surface area contributed by atoms with Crippen LogP contribution in [-0.4, -0.2) is 0 Å². The van der Waals surface area contributed by atoms with E-state index in [9.17, 15) is 0 Å². The molecule has 0 aliphatic heterocycles. The second kappa shape index (κ2) is 41.4. The molecule has 0 spiro atoms. The Morgan fingerprint density at radius 2 is 0.321 bits per heavy atom. The summed E-state index contributed by atoms with van der Waals surface area (Å²) < 4.78 is 0. The molecular weight excluding hydrogens is 336 g/mol. The summed E-state index contributed by atoms with van der Waals surface area (Å²) in [6.45, 7) is 4.60. The topological polar surface area (TPSA) is 0 Å². The Bertz CT molecular complexity index is 164. The summed E-state index contributed by atoms with van der Waals surface area (Å²) in [5.74, 6) is 0. The smallest absolute Gasteiger partial charge is 0.0533 e. The molecule has 0 rings (SSSR count). The molecule has 28 heavy (non-hydrogen) atoms. The van der Waals surface area contributed by atoms with Crippen LogP contribution >= 0.6 is 0 Å². The lowest BCUT2D eigenvalue weighted by atomic mass is 10.0. The van der Waals surface area contributed by atoms with Crippen LogP contribution in [0.3, 0.4) is 0 Å². The zero-order chi connectivity index (χ0) is 16.8. The third-order valence-corrected chi connectivity index (χ3v) is 5.21. The first-order chi connectivity index (χ1) is 11.4. The van der Waals surface area contributed by atoms with Gasteiger partial charge in [-0.3, -0.25) is 0 Å². The Labute approximate surface area is 186 Å². The van der Waals surface area contributed by atoms with E-state index in [-0.39, 0.29) is 37.1 Å². The van der Waals surface area contributed by atoms with E-state index >= 15 is 0 Å². The largest absolute Gasteiger partial charge is 0.0776 e. The van der Waals surface area contributed by atoms with E-state index in [0.29, 0.717) is 0 Å². The van der Waals surface area contributed by atoms with Gasteiger partial charge in [-0.1, -0.05) is 186 Å². The molecule has 0 heteroatoms. The summed E-state index contributed by atoms with van der Waals surface area (Å²) in [7, 11) is 0. The molecule has 0 aliphatic rings. The molecule has 0 unspecified atom stereocenters. The predicted molar refractivity (Wildman–Crippen MR) is 142 cm³/mol. The first-order valence-corrected chi connectivity index (χ1v) is 11.4. The fourth-order valence-electron chi connectivity index (χ4n) is 3.51. The molecule has 0 saturated carbocycles. The van der Waals surface area contributed by atoms with Crippen LogP contribution in [-0.2, 0) is 0 Å². The van der Waals surface area contributed by atoms with Crippen molar-refractivity contribution in [2.75, 3.05) is 0 Å². The molecule has 0 heterocycles. The monoisotopic (exact) mass is 405 g/mol. The van der Waals surface area contributed by atoms with E-state index in [1.807, 2.05) is 0 Å². The number of hydrogen-bond acceptors (Lipinski definition) is 0. The van der Waals surface area contributed by atoms with Gasteiger partial charge in [0.25, 0.3) is 0 Å². The molecule has 0 aromatic rings. The van der Waals surface area contributed by atoms with Gasteiger partial charge >= 0.3 is 0 Å². The van der Waals surface area contributed by atoms with Crippen LogP contribution in [0, 0.1) is 0 Å². The lowest BCUT2D eigenvalue weighted by Crippen LogP contribution is -1.84. The lowest BCUT2D eigenvalue weighted by molar-refractivity contribution is 0.521. The van der Waals surface area contributed by atoms with Crippen molar-refractivity contribution in [1.82, 2.24) is 0 Å². The second-order valence-electron chi connectivity index (χ2n) is 7.72. The molecule has 0 aromatic heterocycles. The van der Waals surface area contributed by atoms with Crippen LogP contribution in [0.5, 0.6) is 0 Å². The van der Waals surface area contributed by atoms with Crippen molar-refractivity contribution in [3.05, 3.63) is 0 Å². The second-order valence-corrected chi connectivity index (χ2v) is 7.72. The predicted octanol–water partition coefficient (Wildman–Crippen LogP) is 12.4. The Kier molecular flexibility index (Phi) is 62.3. The van der Waals surface area contributed by atoms with E-state index in [2.05, 4.69) is 13.8 Å². The fourth-order valence-corrected chi connectivity index (χ4v) is 3.51. The molecule has 0 amide bonds. The van der Waals surface area contributed by atoms with Crippen molar-refractivity contribution in [3.63, 3.8) is 0 Å². The summed E-state index contributed by atoms with van der Waals surface area (Å²) in [6, 6.07) is 0. The molecule has 180 valence electrons. The van der Waals surface area contributed by atoms with Gasteiger partial charge in [0.1, 0.15) is 0 Å². The highest BCUT2D eigenvalue weighted by molar-refractivity contribution is 4.50. The average molecular weight is 405 g/mol. The Morgan fingerprint density at radius 3 is 0.429 bits per heavy atom. The van der Waals surface area contributed by atoms with Crippen LogP contribution in [0.1, 0.15) is 186 Å². The molecule has 0 atom stereocenters. The van der Waals surface area contributed by atoms with Gasteiger partial charge in [-0.25, -0.2) is 0 Å². The summed E-state index contributed by atoms with van der Waals surface area (Å²) in [5.41, 5.74) is 0. The van der Waals surface area contributed by atoms with Crippen molar-refractivity contribution >= 4 is 0 Å². The first kappa shape index (κ1) is 42.2. The number of rotatable bonds is 20. The minimum Gasteiger partial charge on any atom is -0.0776 e. The van der Waals surface area contributed by atoms with Crippen molar-refractivity contribution in [3.8, 4) is 0 Å². The minimum absolute atomic E-state index is 0.